The first-order valence-electron chi connectivity index (χ1n) is 9.86. The monoisotopic (exact) mass is 397 g/mol. The van der Waals surface area contributed by atoms with E-state index in [1.54, 1.807) is 12.1 Å². The van der Waals surface area contributed by atoms with Crippen molar-refractivity contribution in [2.24, 2.45) is 0 Å². The van der Waals surface area contributed by atoms with E-state index in [0.29, 0.717) is 32.7 Å². The van der Waals surface area contributed by atoms with E-state index in [1.807, 2.05) is 36.9 Å². The maximum absolute atomic E-state index is 12.5. The molecular formula is C22H27N3O4. The van der Waals surface area contributed by atoms with Crippen LogP contribution in [0.3, 0.4) is 0 Å². The molecule has 0 atom stereocenters. The average Bonchev–Trinajstić information content (AvgIpc) is 2.70. The summed E-state index contributed by atoms with van der Waals surface area (Å²) in [5, 5.41) is 10.9. The van der Waals surface area contributed by atoms with Crippen molar-refractivity contribution in [3.63, 3.8) is 0 Å². The molecule has 7 heteroatoms. The van der Waals surface area contributed by atoms with Crippen molar-refractivity contribution in [1.29, 1.82) is 0 Å². The summed E-state index contributed by atoms with van der Waals surface area (Å²) in [6.45, 7) is 7.91. The van der Waals surface area contributed by atoms with Crippen molar-refractivity contribution in [3.05, 3.63) is 69.3 Å². The van der Waals surface area contributed by atoms with E-state index >= 15 is 0 Å². The standard InChI is InChI=1S/C22H27N3O4/c1-17-6-7-21(18(2)14-17)29-13-8-22(26)24-11-9-23(10-12-24)16-19-4-3-5-20(15-19)25(27)28/h3-7,14-15H,8-13,16H2,1-2H3. The molecule has 29 heavy (non-hydrogen) atoms. The number of carbonyl (C=O) groups is 1. The summed E-state index contributed by atoms with van der Waals surface area (Å²) < 4.78 is 5.77. The Bertz CT molecular complexity index is 876. The molecule has 1 heterocycles. The number of nitrogens with zero attached hydrogens (tertiary/aromatic N) is 3. The van der Waals surface area contributed by atoms with Gasteiger partial charge in [-0.05, 0) is 31.0 Å². The molecular weight excluding hydrogens is 370 g/mol. The molecule has 1 fully saturated rings. The van der Waals surface area contributed by atoms with Crippen LogP contribution in [-0.2, 0) is 11.3 Å². The fraction of sp³-hybridized carbons (Fsp3) is 0.409. The van der Waals surface area contributed by atoms with Crippen LogP contribution in [0.15, 0.2) is 42.5 Å². The molecule has 1 amide bonds. The highest BCUT2D eigenvalue weighted by Crippen LogP contribution is 2.19. The minimum atomic E-state index is -0.375. The van der Waals surface area contributed by atoms with E-state index < -0.39 is 0 Å². The zero-order chi connectivity index (χ0) is 20.8. The zero-order valence-electron chi connectivity index (χ0n) is 17.0. The predicted octanol–water partition coefficient (Wildman–Crippen LogP) is 3.32. The van der Waals surface area contributed by atoms with Gasteiger partial charge in [0.1, 0.15) is 5.75 Å². The molecule has 0 N–H and O–H groups in total. The molecule has 2 aromatic carbocycles. The minimum absolute atomic E-state index is 0.102. The molecule has 3 rings (SSSR count). The van der Waals surface area contributed by atoms with Crippen molar-refractivity contribution < 1.29 is 14.5 Å². The third kappa shape index (κ3) is 5.77. The molecule has 0 radical (unpaired) electrons. The first-order valence-corrected chi connectivity index (χ1v) is 9.86. The number of hydrogen-bond donors (Lipinski definition) is 0. The Morgan fingerprint density at radius 2 is 1.86 bits per heavy atom. The zero-order valence-corrected chi connectivity index (χ0v) is 17.0. The van der Waals surface area contributed by atoms with Gasteiger partial charge in [-0.15, -0.1) is 0 Å². The highest BCUT2D eigenvalue weighted by atomic mass is 16.6. The largest absolute Gasteiger partial charge is 0.493 e. The summed E-state index contributed by atoms with van der Waals surface area (Å²) >= 11 is 0. The lowest BCUT2D eigenvalue weighted by Gasteiger charge is -2.34. The summed E-state index contributed by atoms with van der Waals surface area (Å²) in [5.74, 6) is 0.926. The molecule has 0 aromatic heterocycles. The first-order chi connectivity index (χ1) is 13.9. The molecule has 0 saturated carbocycles. The van der Waals surface area contributed by atoms with Gasteiger partial charge in [0.25, 0.3) is 5.69 Å². The van der Waals surface area contributed by atoms with Crippen LogP contribution in [0.25, 0.3) is 0 Å². The number of hydrogen-bond acceptors (Lipinski definition) is 5. The Hall–Kier alpha value is -2.93. The lowest BCUT2D eigenvalue weighted by atomic mass is 10.1. The second-order valence-corrected chi connectivity index (χ2v) is 7.45. The molecule has 1 aliphatic heterocycles. The molecule has 1 saturated heterocycles. The summed E-state index contributed by atoms with van der Waals surface area (Å²) in [6.07, 6.45) is 0.359. The van der Waals surface area contributed by atoms with Gasteiger partial charge >= 0.3 is 0 Å². The number of ether oxygens (including phenoxy) is 1. The second-order valence-electron chi connectivity index (χ2n) is 7.45. The van der Waals surface area contributed by atoms with Gasteiger partial charge in [0.15, 0.2) is 0 Å². The van der Waals surface area contributed by atoms with Gasteiger partial charge < -0.3 is 9.64 Å². The van der Waals surface area contributed by atoms with E-state index in [2.05, 4.69) is 11.0 Å². The van der Waals surface area contributed by atoms with Gasteiger partial charge in [-0.3, -0.25) is 19.8 Å². The van der Waals surface area contributed by atoms with Gasteiger partial charge in [0, 0.05) is 44.9 Å². The van der Waals surface area contributed by atoms with Gasteiger partial charge in [0.2, 0.25) is 5.91 Å². The first kappa shape index (κ1) is 20.8. The number of non-ortho nitro benzene ring substituents is 1. The topological polar surface area (TPSA) is 75.9 Å². The number of nitro groups is 1. The molecule has 1 aliphatic rings. The molecule has 0 spiro atoms. The van der Waals surface area contributed by atoms with Crippen LogP contribution in [-0.4, -0.2) is 53.4 Å². The van der Waals surface area contributed by atoms with E-state index in [4.69, 9.17) is 4.74 Å². The van der Waals surface area contributed by atoms with Gasteiger partial charge in [0.05, 0.1) is 18.0 Å². The van der Waals surface area contributed by atoms with Crippen molar-refractivity contribution in [3.8, 4) is 5.75 Å². The Morgan fingerprint density at radius 3 is 2.55 bits per heavy atom. The predicted molar refractivity (Wildman–Crippen MR) is 111 cm³/mol. The van der Waals surface area contributed by atoms with Gasteiger partial charge in [-0.2, -0.15) is 0 Å². The van der Waals surface area contributed by atoms with Crippen LogP contribution in [0.1, 0.15) is 23.1 Å². The smallest absolute Gasteiger partial charge is 0.269 e. The van der Waals surface area contributed by atoms with E-state index in [1.165, 1.54) is 11.6 Å². The SMILES string of the molecule is Cc1ccc(OCCC(=O)N2CCN(Cc3cccc([N+](=O)[O-])c3)CC2)c(C)c1. The van der Waals surface area contributed by atoms with Crippen molar-refractivity contribution in [1.82, 2.24) is 9.80 Å². The van der Waals surface area contributed by atoms with Crippen molar-refractivity contribution in [2.45, 2.75) is 26.8 Å². The molecule has 2 aromatic rings. The number of aryl methyl sites for hydroxylation is 2. The number of carbonyl (C=O) groups excluding carboxylic acids is 1. The van der Waals surface area contributed by atoms with Crippen molar-refractivity contribution >= 4 is 11.6 Å². The maximum atomic E-state index is 12.5. The lowest BCUT2D eigenvalue weighted by Crippen LogP contribution is -2.48. The lowest BCUT2D eigenvalue weighted by molar-refractivity contribution is -0.384. The summed E-state index contributed by atoms with van der Waals surface area (Å²) in [5.41, 5.74) is 3.29. The molecule has 0 bridgehead atoms. The van der Waals surface area contributed by atoms with E-state index in [0.717, 1.165) is 30.0 Å². The number of amides is 1. The average molecular weight is 397 g/mol. The number of rotatable bonds is 7. The minimum Gasteiger partial charge on any atom is -0.493 e. The summed E-state index contributed by atoms with van der Waals surface area (Å²) in [4.78, 5) is 27.1. The fourth-order valence-corrected chi connectivity index (χ4v) is 3.55. The molecule has 0 unspecified atom stereocenters. The number of piperazine rings is 1. The quantitative estimate of drug-likeness (QED) is 0.529. The maximum Gasteiger partial charge on any atom is 0.269 e. The van der Waals surface area contributed by atoms with Crippen LogP contribution in [0.2, 0.25) is 0 Å². The van der Waals surface area contributed by atoms with Gasteiger partial charge in [-0.25, -0.2) is 0 Å². The van der Waals surface area contributed by atoms with Crippen LogP contribution in [0.4, 0.5) is 5.69 Å². The Labute approximate surface area is 171 Å². The normalized spacial score (nSPS) is 14.6. The van der Waals surface area contributed by atoms with Crippen LogP contribution < -0.4 is 4.74 Å². The highest BCUT2D eigenvalue weighted by Gasteiger charge is 2.21. The van der Waals surface area contributed by atoms with Crippen LogP contribution >= 0.6 is 0 Å². The summed E-state index contributed by atoms with van der Waals surface area (Å²) in [7, 11) is 0. The van der Waals surface area contributed by atoms with Crippen molar-refractivity contribution in [2.75, 3.05) is 32.8 Å². The molecule has 0 aliphatic carbocycles. The third-order valence-corrected chi connectivity index (χ3v) is 5.16. The van der Waals surface area contributed by atoms with Crippen LogP contribution in [0, 0.1) is 24.0 Å². The molecule has 154 valence electrons. The Kier molecular flexibility index (Phi) is 6.82. The molecule has 7 nitrogen and oxygen atoms in total. The van der Waals surface area contributed by atoms with Gasteiger partial charge in [-0.1, -0.05) is 29.8 Å². The Balaban J connectivity index is 1.42. The highest BCUT2D eigenvalue weighted by molar-refractivity contribution is 5.76. The second kappa shape index (κ2) is 9.52. The fourth-order valence-electron chi connectivity index (χ4n) is 3.55. The third-order valence-electron chi connectivity index (χ3n) is 5.16. The Morgan fingerprint density at radius 1 is 1.10 bits per heavy atom. The summed E-state index contributed by atoms with van der Waals surface area (Å²) in [6, 6.07) is 12.7. The number of benzene rings is 2. The van der Waals surface area contributed by atoms with E-state index in [-0.39, 0.29) is 16.5 Å². The van der Waals surface area contributed by atoms with E-state index in [9.17, 15) is 14.9 Å². The van der Waals surface area contributed by atoms with Crippen LogP contribution in [0.5, 0.6) is 5.75 Å². The number of nitro benzene ring substituents is 1.